The molecule has 25 heavy (non-hydrogen) atoms. The SMILES string of the molecule is CCOc1ccccc1C(=O)OCc1nc2sc(C)c(C)c2c(=O)[nH]1. The molecule has 0 bridgehead atoms. The fourth-order valence-corrected chi connectivity index (χ4v) is 3.54. The van der Waals surface area contributed by atoms with Crippen LogP contribution in [-0.4, -0.2) is 22.5 Å². The summed E-state index contributed by atoms with van der Waals surface area (Å²) in [4.78, 5) is 33.3. The highest BCUT2D eigenvalue weighted by molar-refractivity contribution is 7.18. The third-order valence-electron chi connectivity index (χ3n) is 3.83. The molecule has 0 aliphatic heterocycles. The molecule has 0 unspecified atom stereocenters. The van der Waals surface area contributed by atoms with Crippen LogP contribution in [0.25, 0.3) is 10.2 Å². The van der Waals surface area contributed by atoms with Gasteiger partial charge in [-0.05, 0) is 38.5 Å². The number of nitrogens with zero attached hydrogens (tertiary/aromatic N) is 1. The molecule has 7 heteroatoms. The molecule has 2 heterocycles. The number of hydrogen-bond donors (Lipinski definition) is 1. The number of carbonyl (C=O) groups is 1. The van der Waals surface area contributed by atoms with E-state index in [1.807, 2.05) is 20.8 Å². The highest BCUT2D eigenvalue weighted by Gasteiger charge is 2.16. The molecule has 0 aliphatic carbocycles. The van der Waals surface area contributed by atoms with Gasteiger partial charge in [0.1, 0.15) is 28.6 Å². The lowest BCUT2D eigenvalue weighted by Gasteiger charge is -2.09. The van der Waals surface area contributed by atoms with E-state index in [0.29, 0.717) is 34.0 Å². The van der Waals surface area contributed by atoms with Crippen molar-refractivity contribution in [3.63, 3.8) is 0 Å². The first kappa shape index (κ1) is 17.2. The number of fused-ring (bicyclic) bond motifs is 1. The fourth-order valence-electron chi connectivity index (χ4n) is 2.50. The Labute approximate surface area is 148 Å². The average molecular weight is 358 g/mol. The van der Waals surface area contributed by atoms with Gasteiger partial charge in [-0.2, -0.15) is 0 Å². The minimum absolute atomic E-state index is 0.111. The highest BCUT2D eigenvalue weighted by atomic mass is 32.1. The van der Waals surface area contributed by atoms with Crippen LogP contribution >= 0.6 is 11.3 Å². The third kappa shape index (κ3) is 3.41. The molecule has 0 amide bonds. The van der Waals surface area contributed by atoms with E-state index in [4.69, 9.17) is 9.47 Å². The van der Waals surface area contributed by atoms with Crippen molar-refractivity contribution >= 4 is 27.5 Å². The zero-order chi connectivity index (χ0) is 18.0. The number of ether oxygens (including phenoxy) is 2. The predicted octanol–water partition coefficient (Wildman–Crippen LogP) is 3.36. The monoisotopic (exact) mass is 358 g/mol. The Hall–Kier alpha value is -2.67. The van der Waals surface area contributed by atoms with Crippen LogP contribution in [0.4, 0.5) is 0 Å². The van der Waals surface area contributed by atoms with Gasteiger partial charge in [0, 0.05) is 4.88 Å². The van der Waals surface area contributed by atoms with E-state index in [-0.39, 0.29) is 12.2 Å². The fraction of sp³-hybridized carbons (Fsp3) is 0.278. The predicted molar refractivity (Wildman–Crippen MR) is 96.4 cm³/mol. The molecule has 1 aromatic carbocycles. The van der Waals surface area contributed by atoms with Crippen LogP contribution < -0.4 is 10.3 Å². The number of para-hydroxylation sites is 1. The number of benzene rings is 1. The maximum atomic E-state index is 12.3. The van der Waals surface area contributed by atoms with Gasteiger partial charge in [-0.3, -0.25) is 4.79 Å². The quantitative estimate of drug-likeness (QED) is 0.707. The van der Waals surface area contributed by atoms with Crippen molar-refractivity contribution < 1.29 is 14.3 Å². The lowest BCUT2D eigenvalue weighted by molar-refractivity contribution is 0.0458. The van der Waals surface area contributed by atoms with Crippen molar-refractivity contribution in [1.29, 1.82) is 0 Å². The number of thiophene rings is 1. The molecule has 0 saturated carbocycles. The molecule has 0 radical (unpaired) electrons. The van der Waals surface area contributed by atoms with Crippen LogP contribution in [0.2, 0.25) is 0 Å². The molecule has 0 aliphatic rings. The van der Waals surface area contributed by atoms with Crippen molar-refractivity contribution in [3.8, 4) is 5.75 Å². The van der Waals surface area contributed by atoms with Crippen LogP contribution in [0.15, 0.2) is 29.1 Å². The Bertz CT molecular complexity index is 990. The molecule has 0 spiro atoms. The Morgan fingerprint density at radius 3 is 2.80 bits per heavy atom. The second kappa shape index (κ2) is 7.06. The molecular formula is C18H18N2O4S. The summed E-state index contributed by atoms with van der Waals surface area (Å²) in [5.74, 6) is 0.266. The normalized spacial score (nSPS) is 10.8. The minimum atomic E-state index is -0.523. The van der Waals surface area contributed by atoms with E-state index >= 15 is 0 Å². The van der Waals surface area contributed by atoms with Gasteiger partial charge in [0.2, 0.25) is 0 Å². The summed E-state index contributed by atoms with van der Waals surface area (Å²) in [6.07, 6.45) is 0. The van der Waals surface area contributed by atoms with E-state index < -0.39 is 5.97 Å². The van der Waals surface area contributed by atoms with E-state index in [2.05, 4.69) is 9.97 Å². The Morgan fingerprint density at radius 1 is 1.28 bits per heavy atom. The van der Waals surface area contributed by atoms with E-state index in [9.17, 15) is 9.59 Å². The van der Waals surface area contributed by atoms with Gasteiger partial charge >= 0.3 is 5.97 Å². The minimum Gasteiger partial charge on any atom is -0.493 e. The molecule has 0 atom stereocenters. The summed E-state index contributed by atoms with van der Waals surface area (Å²) in [5, 5.41) is 0.597. The number of rotatable bonds is 5. The van der Waals surface area contributed by atoms with Crippen LogP contribution in [0.5, 0.6) is 5.75 Å². The summed E-state index contributed by atoms with van der Waals surface area (Å²) in [7, 11) is 0. The van der Waals surface area contributed by atoms with Gasteiger partial charge < -0.3 is 14.5 Å². The van der Waals surface area contributed by atoms with Gasteiger partial charge in [-0.15, -0.1) is 11.3 Å². The molecular weight excluding hydrogens is 340 g/mol. The Balaban J connectivity index is 1.81. The number of nitrogens with one attached hydrogen (secondary N) is 1. The first-order valence-corrected chi connectivity index (χ1v) is 8.70. The number of aromatic nitrogens is 2. The van der Waals surface area contributed by atoms with Gasteiger partial charge in [-0.1, -0.05) is 12.1 Å². The molecule has 1 N–H and O–H groups in total. The van der Waals surface area contributed by atoms with E-state index in [1.165, 1.54) is 11.3 Å². The molecule has 3 aromatic rings. The topological polar surface area (TPSA) is 81.3 Å². The first-order valence-electron chi connectivity index (χ1n) is 7.89. The number of hydrogen-bond acceptors (Lipinski definition) is 6. The standard InChI is InChI=1S/C18H18N2O4S/c1-4-23-13-8-6-5-7-12(13)18(22)24-9-14-19-16(21)15-10(2)11(3)25-17(15)20-14/h5-8H,4,9H2,1-3H3,(H,19,20,21). The summed E-state index contributed by atoms with van der Waals surface area (Å²) in [6, 6.07) is 6.88. The number of H-pyrrole nitrogens is 1. The van der Waals surface area contributed by atoms with Crippen molar-refractivity contribution in [1.82, 2.24) is 9.97 Å². The van der Waals surface area contributed by atoms with E-state index in [0.717, 1.165) is 10.4 Å². The van der Waals surface area contributed by atoms with Crippen molar-refractivity contribution in [2.45, 2.75) is 27.4 Å². The van der Waals surface area contributed by atoms with E-state index in [1.54, 1.807) is 24.3 Å². The van der Waals surface area contributed by atoms with Gasteiger partial charge in [0.25, 0.3) is 5.56 Å². The summed E-state index contributed by atoms with van der Waals surface area (Å²) in [6.45, 7) is 6.03. The third-order valence-corrected chi connectivity index (χ3v) is 4.94. The number of esters is 1. The molecule has 3 rings (SSSR count). The molecule has 2 aromatic heterocycles. The van der Waals surface area contributed by atoms with Gasteiger partial charge in [-0.25, -0.2) is 9.78 Å². The zero-order valence-electron chi connectivity index (χ0n) is 14.2. The molecule has 130 valence electrons. The largest absolute Gasteiger partial charge is 0.493 e. The maximum Gasteiger partial charge on any atom is 0.342 e. The Kier molecular flexibility index (Phi) is 4.85. The Morgan fingerprint density at radius 2 is 2.04 bits per heavy atom. The molecule has 0 fully saturated rings. The summed E-state index contributed by atoms with van der Waals surface area (Å²) in [5.41, 5.74) is 1.06. The smallest absolute Gasteiger partial charge is 0.342 e. The second-order valence-corrected chi connectivity index (χ2v) is 6.68. The first-order chi connectivity index (χ1) is 12.0. The number of carbonyl (C=O) groups excluding carboxylic acids is 1. The number of aryl methyl sites for hydroxylation is 2. The van der Waals surface area contributed by atoms with Crippen LogP contribution in [0.1, 0.15) is 33.5 Å². The maximum absolute atomic E-state index is 12.3. The molecule has 6 nitrogen and oxygen atoms in total. The highest BCUT2D eigenvalue weighted by Crippen LogP contribution is 2.26. The second-order valence-electron chi connectivity index (χ2n) is 5.48. The molecule has 0 saturated heterocycles. The van der Waals surface area contributed by atoms with Crippen LogP contribution in [0.3, 0.4) is 0 Å². The summed E-state index contributed by atoms with van der Waals surface area (Å²) < 4.78 is 10.7. The van der Waals surface area contributed by atoms with Crippen LogP contribution in [-0.2, 0) is 11.3 Å². The lowest BCUT2D eigenvalue weighted by Crippen LogP contribution is -2.14. The average Bonchev–Trinajstić information content (AvgIpc) is 2.88. The number of aromatic amines is 1. The van der Waals surface area contributed by atoms with Crippen molar-refractivity contribution in [2.75, 3.05) is 6.61 Å². The van der Waals surface area contributed by atoms with Gasteiger partial charge in [0.05, 0.1) is 12.0 Å². The van der Waals surface area contributed by atoms with Crippen LogP contribution in [0, 0.1) is 13.8 Å². The zero-order valence-corrected chi connectivity index (χ0v) is 15.0. The van der Waals surface area contributed by atoms with Gasteiger partial charge in [0.15, 0.2) is 0 Å². The van der Waals surface area contributed by atoms with Crippen molar-refractivity contribution in [2.24, 2.45) is 0 Å². The van der Waals surface area contributed by atoms with Crippen molar-refractivity contribution in [3.05, 3.63) is 56.4 Å². The summed E-state index contributed by atoms with van der Waals surface area (Å²) >= 11 is 1.46. The lowest BCUT2D eigenvalue weighted by atomic mass is 10.2.